The van der Waals surface area contributed by atoms with Gasteiger partial charge in [-0.1, -0.05) is 36.7 Å². The maximum atomic E-state index is 10.9. The molecule has 2 aromatic rings. The molecular weight excluding hydrogens is 348 g/mol. The van der Waals surface area contributed by atoms with Crippen LogP contribution in [0.15, 0.2) is 39.2 Å². The van der Waals surface area contributed by atoms with Gasteiger partial charge in [0.15, 0.2) is 6.10 Å². The third kappa shape index (κ3) is 3.71. The molecule has 5 heteroatoms. The summed E-state index contributed by atoms with van der Waals surface area (Å²) < 4.78 is 12.3. The molecule has 0 radical (unpaired) electrons. The molecule has 0 spiro atoms. The SMILES string of the molecule is CC(Oc1ccc(Br)cc1C(C)(C)C)c1ccc(C(=O)O)o1. The van der Waals surface area contributed by atoms with Crippen molar-refractivity contribution in [2.75, 3.05) is 0 Å². The third-order valence-electron chi connectivity index (χ3n) is 3.29. The van der Waals surface area contributed by atoms with Gasteiger partial charge in [0.1, 0.15) is 11.5 Å². The van der Waals surface area contributed by atoms with Crippen molar-refractivity contribution in [2.24, 2.45) is 0 Å². The van der Waals surface area contributed by atoms with Crippen LogP contribution in [0.2, 0.25) is 0 Å². The van der Waals surface area contributed by atoms with E-state index < -0.39 is 5.97 Å². The molecule has 118 valence electrons. The second kappa shape index (κ2) is 6.16. The molecular formula is C17H19BrO4. The Hall–Kier alpha value is -1.75. The highest BCUT2D eigenvalue weighted by Crippen LogP contribution is 2.36. The highest BCUT2D eigenvalue weighted by molar-refractivity contribution is 9.10. The quantitative estimate of drug-likeness (QED) is 0.809. The number of carboxylic acids is 1. The molecule has 2 rings (SSSR count). The monoisotopic (exact) mass is 366 g/mol. The van der Waals surface area contributed by atoms with Crippen LogP contribution in [-0.4, -0.2) is 11.1 Å². The minimum absolute atomic E-state index is 0.0752. The first-order valence-corrected chi connectivity index (χ1v) is 7.77. The minimum Gasteiger partial charge on any atom is -0.482 e. The van der Waals surface area contributed by atoms with Gasteiger partial charge in [0.25, 0.3) is 0 Å². The number of carbonyl (C=O) groups is 1. The van der Waals surface area contributed by atoms with Gasteiger partial charge in [-0.25, -0.2) is 4.79 Å². The van der Waals surface area contributed by atoms with E-state index in [0.29, 0.717) is 5.76 Å². The van der Waals surface area contributed by atoms with Gasteiger partial charge in [-0.3, -0.25) is 0 Å². The Morgan fingerprint density at radius 2 is 1.95 bits per heavy atom. The summed E-state index contributed by atoms with van der Waals surface area (Å²) in [5.74, 6) is 0.0754. The van der Waals surface area contributed by atoms with Gasteiger partial charge in [-0.05, 0) is 42.7 Å². The number of hydrogen-bond acceptors (Lipinski definition) is 3. The zero-order chi connectivity index (χ0) is 16.5. The van der Waals surface area contributed by atoms with Crippen molar-refractivity contribution in [2.45, 2.75) is 39.2 Å². The van der Waals surface area contributed by atoms with Gasteiger partial charge < -0.3 is 14.3 Å². The van der Waals surface area contributed by atoms with Crippen molar-refractivity contribution < 1.29 is 19.1 Å². The lowest BCUT2D eigenvalue weighted by atomic mass is 9.86. The number of aromatic carboxylic acids is 1. The summed E-state index contributed by atoms with van der Waals surface area (Å²) in [6, 6.07) is 8.92. The van der Waals surface area contributed by atoms with E-state index in [-0.39, 0.29) is 17.3 Å². The van der Waals surface area contributed by atoms with E-state index in [1.54, 1.807) is 6.07 Å². The van der Waals surface area contributed by atoms with Crippen LogP contribution in [0.25, 0.3) is 0 Å². The Kier molecular flexibility index (Phi) is 4.66. The number of ether oxygens (including phenoxy) is 1. The fourth-order valence-electron chi connectivity index (χ4n) is 2.13. The van der Waals surface area contributed by atoms with E-state index in [1.807, 2.05) is 25.1 Å². The Balaban J connectivity index is 2.28. The standard InChI is InChI=1S/C17H19BrO4/c1-10(13-7-8-15(22-13)16(19)20)21-14-6-5-11(18)9-12(14)17(2,3)4/h5-10H,1-4H3,(H,19,20). The number of carboxylic acid groups (broad SMARTS) is 1. The number of furan rings is 1. The lowest BCUT2D eigenvalue weighted by Crippen LogP contribution is -2.14. The lowest BCUT2D eigenvalue weighted by Gasteiger charge is -2.24. The maximum Gasteiger partial charge on any atom is 0.371 e. The number of halogens is 1. The number of rotatable bonds is 4. The molecule has 0 aliphatic rings. The van der Waals surface area contributed by atoms with Crippen molar-refractivity contribution in [3.05, 3.63) is 51.9 Å². The summed E-state index contributed by atoms with van der Waals surface area (Å²) in [4.78, 5) is 10.9. The van der Waals surface area contributed by atoms with Gasteiger partial charge in [0.05, 0.1) is 0 Å². The van der Waals surface area contributed by atoms with Gasteiger partial charge in [0.2, 0.25) is 5.76 Å². The van der Waals surface area contributed by atoms with Gasteiger partial charge in [-0.15, -0.1) is 0 Å². The summed E-state index contributed by atoms with van der Waals surface area (Å²) in [5, 5.41) is 8.91. The molecule has 4 nitrogen and oxygen atoms in total. The Labute approximate surface area is 138 Å². The van der Waals surface area contributed by atoms with E-state index in [2.05, 4.69) is 36.7 Å². The molecule has 1 atom stereocenters. The summed E-state index contributed by atoms with van der Waals surface area (Å²) >= 11 is 3.48. The summed E-state index contributed by atoms with van der Waals surface area (Å²) in [6.45, 7) is 8.17. The van der Waals surface area contributed by atoms with E-state index in [0.717, 1.165) is 15.8 Å². The molecule has 1 N–H and O–H groups in total. The number of hydrogen-bond donors (Lipinski definition) is 1. The second-order valence-corrected chi connectivity index (χ2v) is 7.07. The summed E-state index contributed by atoms with van der Waals surface area (Å²) in [7, 11) is 0. The number of benzene rings is 1. The highest BCUT2D eigenvalue weighted by Gasteiger charge is 2.22. The Morgan fingerprint density at radius 3 is 2.50 bits per heavy atom. The van der Waals surface area contributed by atoms with Gasteiger partial charge in [-0.2, -0.15) is 0 Å². The Bertz CT molecular complexity index is 682. The highest BCUT2D eigenvalue weighted by atomic mass is 79.9. The molecule has 0 saturated carbocycles. The fourth-order valence-corrected chi connectivity index (χ4v) is 2.49. The molecule has 0 bridgehead atoms. The first-order valence-electron chi connectivity index (χ1n) is 6.98. The van der Waals surface area contributed by atoms with E-state index >= 15 is 0 Å². The molecule has 0 aliphatic heterocycles. The molecule has 0 aliphatic carbocycles. The van der Waals surface area contributed by atoms with Crippen LogP contribution in [-0.2, 0) is 5.41 Å². The van der Waals surface area contributed by atoms with E-state index in [9.17, 15) is 4.79 Å². The predicted octanol–water partition coefficient (Wildman–Crippen LogP) is 5.18. The third-order valence-corrected chi connectivity index (χ3v) is 3.78. The van der Waals surface area contributed by atoms with Crippen molar-refractivity contribution in [3.63, 3.8) is 0 Å². The lowest BCUT2D eigenvalue weighted by molar-refractivity contribution is 0.0655. The molecule has 1 unspecified atom stereocenters. The van der Waals surface area contributed by atoms with Crippen molar-refractivity contribution in [1.29, 1.82) is 0 Å². The normalized spacial score (nSPS) is 13.0. The van der Waals surface area contributed by atoms with E-state index in [1.165, 1.54) is 6.07 Å². The van der Waals surface area contributed by atoms with Crippen LogP contribution in [0, 0.1) is 0 Å². The van der Waals surface area contributed by atoms with Crippen LogP contribution >= 0.6 is 15.9 Å². The van der Waals surface area contributed by atoms with Crippen LogP contribution in [0.5, 0.6) is 5.75 Å². The molecule has 1 heterocycles. The first kappa shape index (κ1) is 16.6. The first-order chi connectivity index (χ1) is 10.2. The smallest absolute Gasteiger partial charge is 0.371 e. The topological polar surface area (TPSA) is 59.7 Å². The second-order valence-electron chi connectivity index (χ2n) is 6.16. The van der Waals surface area contributed by atoms with Crippen molar-refractivity contribution in [3.8, 4) is 5.75 Å². The zero-order valence-corrected chi connectivity index (χ0v) is 14.6. The Morgan fingerprint density at radius 1 is 1.27 bits per heavy atom. The molecule has 0 amide bonds. The van der Waals surface area contributed by atoms with Crippen molar-refractivity contribution >= 4 is 21.9 Å². The average molecular weight is 367 g/mol. The van der Waals surface area contributed by atoms with Crippen LogP contribution in [0.4, 0.5) is 0 Å². The molecule has 1 aromatic carbocycles. The zero-order valence-electron chi connectivity index (χ0n) is 13.0. The van der Waals surface area contributed by atoms with Crippen LogP contribution < -0.4 is 4.74 Å². The maximum absolute atomic E-state index is 10.9. The van der Waals surface area contributed by atoms with Crippen molar-refractivity contribution in [1.82, 2.24) is 0 Å². The van der Waals surface area contributed by atoms with Gasteiger partial charge in [0, 0.05) is 10.0 Å². The molecule has 1 aromatic heterocycles. The average Bonchev–Trinajstić information content (AvgIpc) is 2.89. The van der Waals surface area contributed by atoms with Crippen LogP contribution in [0.1, 0.15) is 55.7 Å². The molecule has 22 heavy (non-hydrogen) atoms. The van der Waals surface area contributed by atoms with Crippen LogP contribution in [0.3, 0.4) is 0 Å². The summed E-state index contributed by atoms with van der Waals surface area (Å²) in [6.07, 6.45) is -0.379. The minimum atomic E-state index is -1.09. The van der Waals surface area contributed by atoms with E-state index in [4.69, 9.17) is 14.3 Å². The predicted molar refractivity (Wildman–Crippen MR) is 87.6 cm³/mol. The molecule has 0 saturated heterocycles. The largest absolute Gasteiger partial charge is 0.482 e. The molecule has 0 fully saturated rings. The summed E-state index contributed by atoms with van der Waals surface area (Å²) in [5.41, 5.74) is 0.993. The fraction of sp³-hybridized carbons (Fsp3) is 0.353. The van der Waals surface area contributed by atoms with Gasteiger partial charge >= 0.3 is 5.97 Å².